The molecule has 17 heavy (non-hydrogen) atoms. The first-order chi connectivity index (χ1) is 8.13. The number of hydrogen-bond donors (Lipinski definition) is 1. The van der Waals surface area contributed by atoms with Crippen molar-refractivity contribution in [3.8, 4) is 0 Å². The number of amides is 1. The summed E-state index contributed by atoms with van der Waals surface area (Å²) in [6, 6.07) is 4.07. The van der Waals surface area contributed by atoms with Crippen LogP contribution in [0, 0.1) is 0 Å². The number of carbonyl (C=O) groups is 1. The first-order valence-electron chi connectivity index (χ1n) is 6.15. The third-order valence-electron chi connectivity index (χ3n) is 3.74. The molecule has 1 N–H and O–H groups in total. The van der Waals surface area contributed by atoms with Crippen molar-refractivity contribution in [2.24, 2.45) is 0 Å². The average molecular weight is 252 g/mol. The van der Waals surface area contributed by atoms with Crippen LogP contribution in [0.5, 0.6) is 0 Å². The molecule has 1 aliphatic heterocycles. The average Bonchev–Trinajstić information content (AvgIpc) is 2.83. The molecule has 1 amide bonds. The maximum absolute atomic E-state index is 12.3. The quantitative estimate of drug-likeness (QED) is 0.895. The monoisotopic (exact) mass is 252 g/mol. The first kappa shape index (κ1) is 12.6. The van der Waals surface area contributed by atoms with Crippen molar-refractivity contribution in [1.82, 2.24) is 10.2 Å². The molecule has 1 aliphatic rings. The van der Waals surface area contributed by atoms with Crippen LogP contribution in [0.3, 0.4) is 0 Å². The van der Waals surface area contributed by atoms with Crippen LogP contribution < -0.4 is 5.32 Å². The minimum Gasteiger partial charge on any atom is -0.350 e. The number of thiophene rings is 1. The van der Waals surface area contributed by atoms with Gasteiger partial charge in [-0.15, -0.1) is 11.3 Å². The number of nitrogens with zero attached hydrogens (tertiary/aromatic N) is 1. The highest BCUT2D eigenvalue weighted by Crippen LogP contribution is 2.26. The summed E-state index contributed by atoms with van der Waals surface area (Å²) in [7, 11) is 2.05. The smallest absolute Gasteiger partial charge is 0.240 e. The van der Waals surface area contributed by atoms with E-state index in [1.807, 2.05) is 18.5 Å². The van der Waals surface area contributed by atoms with Gasteiger partial charge in [-0.1, -0.05) is 6.07 Å². The SMILES string of the molecule is CN1CCCCC1(C)C(=O)NCc1cccs1. The molecular weight excluding hydrogens is 232 g/mol. The molecule has 1 atom stereocenters. The van der Waals surface area contributed by atoms with E-state index in [9.17, 15) is 4.79 Å². The van der Waals surface area contributed by atoms with Crippen LogP contribution in [0.25, 0.3) is 0 Å². The Balaban J connectivity index is 1.94. The minimum atomic E-state index is -0.324. The molecule has 94 valence electrons. The molecule has 0 spiro atoms. The van der Waals surface area contributed by atoms with Crippen molar-refractivity contribution < 1.29 is 4.79 Å². The van der Waals surface area contributed by atoms with E-state index in [1.54, 1.807) is 11.3 Å². The minimum absolute atomic E-state index is 0.160. The molecule has 0 saturated carbocycles. The lowest BCUT2D eigenvalue weighted by Crippen LogP contribution is -2.57. The highest BCUT2D eigenvalue weighted by molar-refractivity contribution is 7.09. The highest BCUT2D eigenvalue weighted by Gasteiger charge is 2.38. The highest BCUT2D eigenvalue weighted by atomic mass is 32.1. The summed E-state index contributed by atoms with van der Waals surface area (Å²) >= 11 is 1.68. The van der Waals surface area contributed by atoms with Gasteiger partial charge < -0.3 is 5.32 Å². The first-order valence-corrected chi connectivity index (χ1v) is 7.03. The largest absolute Gasteiger partial charge is 0.350 e. The number of hydrogen-bond acceptors (Lipinski definition) is 3. The maximum Gasteiger partial charge on any atom is 0.240 e. The second kappa shape index (κ2) is 5.19. The number of carbonyl (C=O) groups excluding carboxylic acids is 1. The Hall–Kier alpha value is -0.870. The molecule has 0 aromatic carbocycles. The summed E-state index contributed by atoms with van der Waals surface area (Å²) in [5.41, 5.74) is -0.324. The van der Waals surface area contributed by atoms with Crippen LogP contribution in [0.15, 0.2) is 17.5 Å². The van der Waals surface area contributed by atoms with E-state index in [2.05, 4.69) is 23.2 Å². The van der Waals surface area contributed by atoms with Gasteiger partial charge in [0.2, 0.25) is 5.91 Å². The second-order valence-electron chi connectivity index (χ2n) is 4.91. The van der Waals surface area contributed by atoms with E-state index < -0.39 is 0 Å². The molecule has 1 aromatic heterocycles. The Kier molecular flexibility index (Phi) is 3.84. The molecule has 1 unspecified atom stereocenters. The Morgan fingerprint density at radius 3 is 3.06 bits per heavy atom. The van der Waals surface area contributed by atoms with Crippen LogP contribution in [-0.4, -0.2) is 29.9 Å². The fourth-order valence-electron chi connectivity index (χ4n) is 2.31. The predicted molar refractivity (Wildman–Crippen MR) is 71.1 cm³/mol. The Morgan fingerprint density at radius 1 is 1.59 bits per heavy atom. The van der Waals surface area contributed by atoms with Gasteiger partial charge in [-0.05, 0) is 51.2 Å². The van der Waals surface area contributed by atoms with Gasteiger partial charge in [0.05, 0.1) is 12.1 Å². The second-order valence-corrected chi connectivity index (χ2v) is 5.95. The maximum atomic E-state index is 12.3. The molecular formula is C13H20N2OS. The summed E-state index contributed by atoms with van der Waals surface area (Å²) in [6.07, 6.45) is 3.30. The predicted octanol–water partition coefficient (Wildman–Crippen LogP) is 2.24. The van der Waals surface area contributed by atoms with Crippen molar-refractivity contribution in [2.45, 2.75) is 38.3 Å². The van der Waals surface area contributed by atoms with E-state index in [1.165, 1.54) is 11.3 Å². The molecule has 0 radical (unpaired) electrons. The van der Waals surface area contributed by atoms with Gasteiger partial charge in [-0.25, -0.2) is 0 Å². The van der Waals surface area contributed by atoms with Crippen molar-refractivity contribution in [1.29, 1.82) is 0 Å². The summed E-state index contributed by atoms with van der Waals surface area (Å²) in [5.74, 6) is 0.160. The van der Waals surface area contributed by atoms with Crippen LogP contribution in [0.2, 0.25) is 0 Å². The van der Waals surface area contributed by atoms with Gasteiger partial charge >= 0.3 is 0 Å². The van der Waals surface area contributed by atoms with Gasteiger partial charge in [0.15, 0.2) is 0 Å². The Morgan fingerprint density at radius 2 is 2.41 bits per heavy atom. The molecule has 2 rings (SSSR count). The topological polar surface area (TPSA) is 32.3 Å². The number of rotatable bonds is 3. The fourth-order valence-corrected chi connectivity index (χ4v) is 2.96. The summed E-state index contributed by atoms with van der Waals surface area (Å²) in [5, 5.41) is 5.09. The molecule has 1 saturated heterocycles. The molecule has 1 aromatic rings. The third kappa shape index (κ3) is 2.69. The number of likely N-dealkylation sites (N-methyl/N-ethyl adjacent to an activating group) is 1. The summed E-state index contributed by atoms with van der Waals surface area (Å²) in [6.45, 7) is 3.72. The van der Waals surface area contributed by atoms with Crippen LogP contribution in [0.1, 0.15) is 31.1 Å². The molecule has 1 fully saturated rings. The lowest BCUT2D eigenvalue weighted by atomic mass is 9.88. The van der Waals surface area contributed by atoms with Crippen LogP contribution >= 0.6 is 11.3 Å². The van der Waals surface area contributed by atoms with Crippen molar-refractivity contribution in [2.75, 3.05) is 13.6 Å². The van der Waals surface area contributed by atoms with E-state index in [-0.39, 0.29) is 11.4 Å². The van der Waals surface area contributed by atoms with Gasteiger partial charge in [0.25, 0.3) is 0 Å². The van der Waals surface area contributed by atoms with Crippen LogP contribution in [0.4, 0.5) is 0 Å². The number of nitrogens with one attached hydrogen (secondary N) is 1. The number of piperidine rings is 1. The Labute approximate surface area is 107 Å². The van der Waals surface area contributed by atoms with E-state index in [4.69, 9.17) is 0 Å². The zero-order chi connectivity index (χ0) is 12.3. The molecule has 0 bridgehead atoms. The molecule has 4 heteroatoms. The standard InChI is InChI=1S/C13H20N2OS/c1-13(7-3-4-8-15(13)2)12(16)14-10-11-6-5-9-17-11/h5-6,9H,3-4,7-8,10H2,1-2H3,(H,14,16). The zero-order valence-electron chi connectivity index (χ0n) is 10.5. The van der Waals surface area contributed by atoms with Crippen molar-refractivity contribution >= 4 is 17.2 Å². The lowest BCUT2D eigenvalue weighted by Gasteiger charge is -2.41. The fraction of sp³-hybridized carbons (Fsp3) is 0.615. The van der Waals surface area contributed by atoms with E-state index in [0.717, 1.165) is 19.4 Å². The van der Waals surface area contributed by atoms with Gasteiger partial charge in [-0.2, -0.15) is 0 Å². The Bertz CT molecular complexity index is 377. The van der Waals surface area contributed by atoms with Gasteiger partial charge in [-0.3, -0.25) is 9.69 Å². The van der Waals surface area contributed by atoms with Crippen LogP contribution in [-0.2, 0) is 11.3 Å². The molecule has 3 nitrogen and oxygen atoms in total. The van der Waals surface area contributed by atoms with E-state index >= 15 is 0 Å². The summed E-state index contributed by atoms with van der Waals surface area (Å²) < 4.78 is 0. The van der Waals surface area contributed by atoms with Gasteiger partial charge in [0.1, 0.15) is 0 Å². The van der Waals surface area contributed by atoms with Crippen molar-refractivity contribution in [3.63, 3.8) is 0 Å². The lowest BCUT2D eigenvalue weighted by molar-refractivity contribution is -0.133. The van der Waals surface area contributed by atoms with E-state index in [0.29, 0.717) is 6.54 Å². The molecule has 2 heterocycles. The zero-order valence-corrected chi connectivity index (χ0v) is 11.3. The van der Waals surface area contributed by atoms with Gasteiger partial charge in [0, 0.05) is 4.88 Å². The normalized spacial score (nSPS) is 25.8. The summed E-state index contributed by atoms with van der Waals surface area (Å²) in [4.78, 5) is 15.7. The third-order valence-corrected chi connectivity index (χ3v) is 4.62. The molecule has 0 aliphatic carbocycles. The number of likely N-dealkylation sites (tertiary alicyclic amines) is 1. The van der Waals surface area contributed by atoms with Crippen molar-refractivity contribution in [3.05, 3.63) is 22.4 Å².